The van der Waals surface area contributed by atoms with E-state index in [4.69, 9.17) is 9.47 Å². The van der Waals surface area contributed by atoms with Gasteiger partial charge in [0.25, 0.3) is 0 Å². The van der Waals surface area contributed by atoms with Gasteiger partial charge in [-0.25, -0.2) is 9.59 Å². The van der Waals surface area contributed by atoms with E-state index >= 15 is 0 Å². The topological polar surface area (TPSA) is 72.8 Å². The van der Waals surface area contributed by atoms with Gasteiger partial charge in [0.2, 0.25) is 0 Å². The maximum absolute atomic E-state index is 12.0. The standard InChI is InChI=1S/C20H20O5/c21-18-11-16(12-24-19(22)14-7-3-1-4-8-14)17(18)13-25-20(23)15-9-5-2-6-10-15/h1-10,16-18,21H,11-13H2/t16-,17-,18+/m0/s1. The zero-order valence-electron chi connectivity index (χ0n) is 13.7. The largest absolute Gasteiger partial charge is 0.462 e. The molecule has 2 aromatic carbocycles. The molecule has 0 spiro atoms. The summed E-state index contributed by atoms with van der Waals surface area (Å²) in [4.78, 5) is 23.9. The first-order valence-electron chi connectivity index (χ1n) is 8.27. The van der Waals surface area contributed by atoms with E-state index in [1.54, 1.807) is 48.5 Å². The lowest BCUT2D eigenvalue weighted by Crippen LogP contribution is -2.46. The molecule has 1 saturated carbocycles. The van der Waals surface area contributed by atoms with Crippen molar-refractivity contribution in [3.05, 3.63) is 71.8 Å². The van der Waals surface area contributed by atoms with Gasteiger partial charge in [-0.2, -0.15) is 0 Å². The second kappa shape index (κ2) is 7.94. The molecule has 1 N–H and O–H groups in total. The van der Waals surface area contributed by atoms with Crippen LogP contribution in [0.5, 0.6) is 0 Å². The molecule has 0 bridgehead atoms. The monoisotopic (exact) mass is 340 g/mol. The predicted molar refractivity (Wildman–Crippen MR) is 91.1 cm³/mol. The zero-order valence-corrected chi connectivity index (χ0v) is 13.7. The fourth-order valence-corrected chi connectivity index (χ4v) is 2.89. The lowest BCUT2D eigenvalue weighted by Gasteiger charge is -2.40. The normalized spacial score (nSPS) is 21.9. The Morgan fingerprint density at radius 1 is 0.840 bits per heavy atom. The summed E-state index contributed by atoms with van der Waals surface area (Å²) in [5.74, 6) is -1.02. The molecule has 25 heavy (non-hydrogen) atoms. The number of aliphatic hydroxyl groups excluding tert-OH is 1. The van der Waals surface area contributed by atoms with Crippen molar-refractivity contribution in [2.45, 2.75) is 12.5 Å². The fraction of sp³-hybridized carbons (Fsp3) is 0.300. The quantitative estimate of drug-likeness (QED) is 0.819. The molecule has 0 saturated heterocycles. The molecule has 3 atom stereocenters. The van der Waals surface area contributed by atoms with Crippen molar-refractivity contribution in [3.63, 3.8) is 0 Å². The van der Waals surface area contributed by atoms with Crippen LogP contribution >= 0.6 is 0 Å². The first-order valence-corrected chi connectivity index (χ1v) is 8.27. The number of esters is 2. The molecule has 2 aromatic rings. The highest BCUT2D eigenvalue weighted by Crippen LogP contribution is 2.35. The van der Waals surface area contributed by atoms with Crippen molar-refractivity contribution in [2.75, 3.05) is 13.2 Å². The number of hydrogen-bond donors (Lipinski definition) is 1. The Bertz CT molecular complexity index is 713. The van der Waals surface area contributed by atoms with Gasteiger partial charge in [0.15, 0.2) is 0 Å². The van der Waals surface area contributed by atoms with Crippen LogP contribution in [-0.2, 0) is 9.47 Å². The Balaban J connectivity index is 1.47. The average molecular weight is 340 g/mol. The van der Waals surface area contributed by atoms with Crippen LogP contribution in [0.15, 0.2) is 60.7 Å². The number of rotatable bonds is 6. The van der Waals surface area contributed by atoms with Crippen molar-refractivity contribution in [2.24, 2.45) is 11.8 Å². The van der Waals surface area contributed by atoms with E-state index in [1.165, 1.54) is 0 Å². The molecule has 3 rings (SSSR count). The molecule has 1 aliphatic carbocycles. The Morgan fingerprint density at radius 3 is 1.80 bits per heavy atom. The minimum atomic E-state index is -0.538. The smallest absolute Gasteiger partial charge is 0.338 e. The predicted octanol–water partition coefficient (Wildman–Crippen LogP) is 2.70. The minimum absolute atomic E-state index is 0.00812. The van der Waals surface area contributed by atoms with Gasteiger partial charge < -0.3 is 14.6 Å². The van der Waals surface area contributed by atoms with E-state index in [-0.39, 0.29) is 31.0 Å². The minimum Gasteiger partial charge on any atom is -0.462 e. The summed E-state index contributed by atoms with van der Waals surface area (Å²) < 4.78 is 10.6. The average Bonchev–Trinajstić information content (AvgIpc) is 2.66. The highest BCUT2D eigenvalue weighted by atomic mass is 16.5. The van der Waals surface area contributed by atoms with Crippen molar-refractivity contribution in [3.8, 4) is 0 Å². The number of benzene rings is 2. The summed E-state index contributed by atoms with van der Waals surface area (Å²) in [6, 6.07) is 17.5. The molecule has 0 amide bonds. The summed E-state index contributed by atoms with van der Waals surface area (Å²) >= 11 is 0. The summed E-state index contributed by atoms with van der Waals surface area (Å²) in [7, 11) is 0. The van der Waals surface area contributed by atoms with Crippen LogP contribution in [0.25, 0.3) is 0 Å². The molecule has 0 aliphatic heterocycles. The van der Waals surface area contributed by atoms with Crippen LogP contribution < -0.4 is 0 Å². The van der Waals surface area contributed by atoms with E-state index < -0.39 is 12.1 Å². The molecule has 1 fully saturated rings. The Kier molecular flexibility index (Phi) is 5.46. The molecule has 0 radical (unpaired) electrons. The van der Waals surface area contributed by atoms with Crippen molar-refractivity contribution in [1.29, 1.82) is 0 Å². The molecule has 1 aliphatic rings. The molecule has 0 heterocycles. The van der Waals surface area contributed by atoms with E-state index in [0.717, 1.165) is 0 Å². The molecular weight excluding hydrogens is 320 g/mol. The van der Waals surface area contributed by atoms with Crippen LogP contribution in [0.4, 0.5) is 0 Å². The lowest BCUT2D eigenvalue weighted by molar-refractivity contribution is -0.0852. The second-order valence-corrected chi connectivity index (χ2v) is 6.16. The molecule has 130 valence electrons. The van der Waals surface area contributed by atoms with Crippen molar-refractivity contribution >= 4 is 11.9 Å². The zero-order chi connectivity index (χ0) is 17.6. The highest BCUT2D eigenvalue weighted by molar-refractivity contribution is 5.89. The maximum atomic E-state index is 12.0. The van der Waals surface area contributed by atoms with Gasteiger partial charge in [-0.3, -0.25) is 0 Å². The van der Waals surface area contributed by atoms with Gasteiger partial charge in [0.05, 0.1) is 30.4 Å². The van der Waals surface area contributed by atoms with E-state index in [0.29, 0.717) is 17.5 Å². The summed E-state index contributed by atoms with van der Waals surface area (Å²) in [6.45, 7) is 0.320. The van der Waals surface area contributed by atoms with Crippen LogP contribution in [0, 0.1) is 11.8 Å². The number of hydrogen-bond acceptors (Lipinski definition) is 5. The summed E-state index contributed by atoms with van der Waals surface area (Å²) in [6.07, 6.45) is -0.000637. The van der Waals surface area contributed by atoms with Crippen molar-refractivity contribution < 1.29 is 24.2 Å². The first-order chi connectivity index (χ1) is 12.1. The maximum Gasteiger partial charge on any atom is 0.338 e. The van der Waals surface area contributed by atoms with Crippen LogP contribution in [0.3, 0.4) is 0 Å². The van der Waals surface area contributed by atoms with E-state index in [1.807, 2.05) is 12.1 Å². The number of aliphatic hydroxyl groups is 1. The molecular formula is C20H20O5. The van der Waals surface area contributed by atoms with Gasteiger partial charge in [0, 0.05) is 11.8 Å². The molecule has 0 aromatic heterocycles. The first kappa shape index (κ1) is 17.2. The molecule has 0 unspecified atom stereocenters. The Hall–Kier alpha value is -2.66. The van der Waals surface area contributed by atoms with Gasteiger partial charge in [-0.05, 0) is 30.7 Å². The van der Waals surface area contributed by atoms with Gasteiger partial charge in [0.1, 0.15) is 0 Å². The lowest BCUT2D eigenvalue weighted by atomic mass is 9.72. The number of ether oxygens (including phenoxy) is 2. The third-order valence-corrected chi connectivity index (χ3v) is 4.50. The third kappa shape index (κ3) is 4.25. The number of carbonyl (C=O) groups is 2. The second-order valence-electron chi connectivity index (χ2n) is 6.16. The third-order valence-electron chi connectivity index (χ3n) is 4.50. The van der Waals surface area contributed by atoms with Gasteiger partial charge in [-0.15, -0.1) is 0 Å². The molecule has 5 heteroatoms. The molecule has 5 nitrogen and oxygen atoms in total. The Morgan fingerprint density at radius 2 is 1.32 bits per heavy atom. The van der Waals surface area contributed by atoms with E-state index in [9.17, 15) is 14.7 Å². The highest BCUT2D eigenvalue weighted by Gasteiger charge is 2.41. The van der Waals surface area contributed by atoms with Gasteiger partial charge in [-0.1, -0.05) is 36.4 Å². The fourth-order valence-electron chi connectivity index (χ4n) is 2.89. The van der Waals surface area contributed by atoms with Gasteiger partial charge >= 0.3 is 11.9 Å². The summed E-state index contributed by atoms with van der Waals surface area (Å²) in [5, 5.41) is 9.91. The van der Waals surface area contributed by atoms with E-state index in [2.05, 4.69) is 0 Å². The number of carbonyl (C=O) groups excluding carboxylic acids is 2. The summed E-state index contributed by atoms with van der Waals surface area (Å²) in [5.41, 5.74) is 0.970. The SMILES string of the molecule is O=C(OC[C@@H]1C[C@@H](O)[C@H]1COC(=O)c1ccccc1)c1ccccc1. The van der Waals surface area contributed by atoms with Crippen LogP contribution in [-0.4, -0.2) is 36.4 Å². The van der Waals surface area contributed by atoms with Crippen molar-refractivity contribution in [1.82, 2.24) is 0 Å². The van der Waals surface area contributed by atoms with Crippen LogP contribution in [0.1, 0.15) is 27.1 Å². The Labute approximate surface area is 146 Å². The van der Waals surface area contributed by atoms with Crippen LogP contribution in [0.2, 0.25) is 0 Å².